The molecule has 9 nitrogen and oxygen atoms in total. The molecule has 2 aliphatic heterocycles. The first-order valence-corrected chi connectivity index (χ1v) is 14.4. The third-order valence-corrected chi connectivity index (χ3v) is 8.63. The zero-order valence-electron chi connectivity index (χ0n) is 24.3. The van der Waals surface area contributed by atoms with Crippen molar-refractivity contribution in [3.8, 4) is 22.9 Å². The van der Waals surface area contributed by atoms with Crippen LogP contribution < -0.4 is 25.4 Å². The number of nitrogens with zero attached hydrogens (tertiary/aromatic N) is 6. The number of nitriles is 1. The number of anilines is 3. The molecule has 0 aliphatic carbocycles. The van der Waals surface area contributed by atoms with Crippen LogP contribution in [0, 0.1) is 24.2 Å². The second-order valence-electron chi connectivity index (χ2n) is 11.4. The molecule has 4 aromatic rings. The van der Waals surface area contributed by atoms with Crippen molar-refractivity contribution in [2.75, 3.05) is 49.6 Å². The number of aryl methyl sites for hydroxylation is 3. The van der Waals surface area contributed by atoms with Crippen molar-refractivity contribution in [2.24, 2.45) is 20.0 Å². The zero-order chi connectivity index (χ0) is 28.7. The van der Waals surface area contributed by atoms with Crippen LogP contribution in [0.5, 0.6) is 5.75 Å². The molecule has 6 rings (SSSR count). The van der Waals surface area contributed by atoms with Crippen molar-refractivity contribution in [3.63, 3.8) is 0 Å². The van der Waals surface area contributed by atoms with E-state index in [1.165, 1.54) is 12.8 Å². The molecule has 0 unspecified atom stereocenters. The van der Waals surface area contributed by atoms with E-state index in [2.05, 4.69) is 45.5 Å². The van der Waals surface area contributed by atoms with E-state index in [1.807, 2.05) is 45.4 Å². The van der Waals surface area contributed by atoms with Crippen LogP contribution in [0.25, 0.3) is 22.0 Å². The average Bonchev–Trinajstić information content (AvgIpc) is 3.42. The molecule has 0 saturated carbocycles. The number of nitrogens with one attached hydrogen (secondary N) is 1. The third kappa shape index (κ3) is 5.04. The summed E-state index contributed by atoms with van der Waals surface area (Å²) in [6, 6.07) is 12.6. The third-order valence-electron chi connectivity index (χ3n) is 8.63. The van der Waals surface area contributed by atoms with Gasteiger partial charge in [0.25, 0.3) is 5.56 Å². The minimum Gasteiger partial charge on any atom is -0.493 e. The van der Waals surface area contributed by atoms with Crippen LogP contribution in [0.2, 0.25) is 0 Å². The summed E-state index contributed by atoms with van der Waals surface area (Å²) in [6.07, 6.45) is 7.11. The summed E-state index contributed by atoms with van der Waals surface area (Å²) >= 11 is 0. The Bertz CT molecular complexity index is 1710. The smallest absolute Gasteiger partial charge is 0.253 e. The number of rotatable bonds is 6. The van der Waals surface area contributed by atoms with E-state index in [4.69, 9.17) is 4.74 Å². The van der Waals surface area contributed by atoms with Crippen LogP contribution in [-0.4, -0.2) is 54.2 Å². The lowest BCUT2D eigenvalue weighted by Crippen LogP contribution is -2.37. The molecular formula is C32H37N7O2. The molecule has 1 N–H and O–H groups in total. The van der Waals surface area contributed by atoms with Gasteiger partial charge in [0.1, 0.15) is 5.75 Å². The number of benzene rings is 2. The Morgan fingerprint density at radius 2 is 1.85 bits per heavy atom. The lowest BCUT2D eigenvalue weighted by atomic mass is 9.95. The highest BCUT2D eigenvalue weighted by Gasteiger charge is 2.27. The first-order valence-electron chi connectivity index (χ1n) is 14.4. The summed E-state index contributed by atoms with van der Waals surface area (Å²) in [5, 5.41) is 18.9. The molecule has 41 heavy (non-hydrogen) atoms. The number of pyridine rings is 1. The molecule has 0 bridgehead atoms. The Hall–Kier alpha value is -4.29. The molecule has 2 aliphatic rings. The van der Waals surface area contributed by atoms with Gasteiger partial charge >= 0.3 is 0 Å². The average molecular weight is 552 g/mol. The Labute approximate surface area is 240 Å². The van der Waals surface area contributed by atoms with Crippen LogP contribution >= 0.6 is 0 Å². The molecule has 0 atom stereocenters. The van der Waals surface area contributed by atoms with Crippen molar-refractivity contribution in [3.05, 3.63) is 64.2 Å². The van der Waals surface area contributed by atoms with E-state index >= 15 is 0 Å². The second kappa shape index (κ2) is 10.9. The topological polar surface area (TPSA) is 91.3 Å². The number of ether oxygens (including phenoxy) is 1. The summed E-state index contributed by atoms with van der Waals surface area (Å²) in [4.78, 5) is 17.5. The van der Waals surface area contributed by atoms with Gasteiger partial charge in [0, 0.05) is 74.6 Å². The fourth-order valence-electron chi connectivity index (χ4n) is 6.23. The van der Waals surface area contributed by atoms with Crippen LogP contribution in [-0.2, 0) is 14.1 Å². The largest absolute Gasteiger partial charge is 0.493 e. The molecule has 212 valence electrons. The molecule has 2 aromatic carbocycles. The highest BCUT2D eigenvalue weighted by molar-refractivity contribution is 5.98. The molecule has 1 saturated heterocycles. The minimum absolute atomic E-state index is 0.0121. The maximum Gasteiger partial charge on any atom is 0.253 e. The van der Waals surface area contributed by atoms with Crippen LogP contribution in [0.15, 0.2) is 47.5 Å². The van der Waals surface area contributed by atoms with Crippen molar-refractivity contribution in [2.45, 2.75) is 26.2 Å². The number of piperidine rings is 1. The second-order valence-corrected chi connectivity index (χ2v) is 11.4. The van der Waals surface area contributed by atoms with E-state index in [-0.39, 0.29) is 5.56 Å². The zero-order valence-corrected chi connectivity index (χ0v) is 24.3. The fourth-order valence-corrected chi connectivity index (χ4v) is 6.23. The maximum absolute atomic E-state index is 13.0. The number of aromatic nitrogens is 3. The molecule has 1 fully saturated rings. The Kier molecular flexibility index (Phi) is 7.18. The van der Waals surface area contributed by atoms with E-state index in [1.54, 1.807) is 15.4 Å². The van der Waals surface area contributed by atoms with E-state index in [0.29, 0.717) is 23.7 Å². The van der Waals surface area contributed by atoms with Gasteiger partial charge in [-0.1, -0.05) is 0 Å². The number of likely N-dealkylation sites (N-methyl/N-ethyl adjacent to an activating group) is 1. The summed E-state index contributed by atoms with van der Waals surface area (Å²) in [7, 11) is 5.79. The summed E-state index contributed by atoms with van der Waals surface area (Å²) in [6.45, 7) is 6.18. The monoisotopic (exact) mass is 551 g/mol. The lowest BCUT2D eigenvalue weighted by Gasteiger charge is -2.38. The van der Waals surface area contributed by atoms with E-state index in [9.17, 15) is 10.1 Å². The van der Waals surface area contributed by atoms with Crippen molar-refractivity contribution in [1.29, 1.82) is 5.26 Å². The normalized spacial score (nSPS) is 15.7. The van der Waals surface area contributed by atoms with Crippen molar-refractivity contribution < 1.29 is 4.74 Å². The molecule has 2 aromatic heterocycles. The van der Waals surface area contributed by atoms with Gasteiger partial charge in [-0.2, -0.15) is 10.4 Å². The quantitative estimate of drug-likeness (QED) is 0.378. The first kappa shape index (κ1) is 26.9. The van der Waals surface area contributed by atoms with Gasteiger partial charge in [0.05, 0.1) is 47.0 Å². The Balaban J connectivity index is 1.45. The molecule has 4 heterocycles. The Morgan fingerprint density at radius 3 is 2.59 bits per heavy atom. The molecular weight excluding hydrogens is 514 g/mol. The summed E-state index contributed by atoms with van der Waals surface area (Å²) < 4.78 is 9.84. The summed E-state index contributed by atoms with van der Waals surface area (Å²) in [5.74, 6) is 1.43. The van der Waals surface area contributed by atoms with Crippen molar-refractivity contribution >= 4 is 28.0 Å². The standard InChI is InChI=1S/C32H37N7O2/c1-21-13-27-28(38(4)32(21)40)15-25(41-12-7-22-5-8-34-9-6-22)16-29(27)39-11-10-36(2)30-17-26(23(18-33)14-31(30)39)24-19-35-37(3)20-24/h13-17,19-20,22,34H,5-12H2,1-4H3. The van der Waals surface area contributed by atoms with E-state index in [0.717, 1.165) is 77.4 Å². The molecule has 0 amide bonds. The van der Waals surface area contributed by atoms with Gasteiger partial charge in [-0.25, -0.2) is 0 Å². The number of hydrogen-bond acceptors (Lipinski definition) is 7. The van der Waals surface area contributed by atoms with Gasteiger partial charge in [-0.3, -0.25) is 9.48 Å². The number of fused-ring (bicyclic) bond motifs is 2. The predicted molar refractivity (Wildman–Crippen MR) is 163 cm³/mol. The molecule has 0 spiro atoms. The van der Waals surface area contributed by atoms with Crippen LogP contribution in [0.3, 0.4) is 0 Å². The van der Waals surface area contributed by atoms with Gasteiger partial charge < -0.3 is 24.4 Å². The highest BCUT2D eigenvalue weighted by Crippen LogP contribution is 2.44. The van der Waals surface area contributed by atoms with Gasteiger partial charge in [0.15, 0.2) is 0 Å². The van der Waals surface area contributed by atoms with Crippen LogP contribution in [0.1, 0.15) is 30.4 Å². The van der Waals surface area contributed by atoms with Gasteiger partial charge in [-0.05, 0) is 63.4 Å². The molecule has 9 heteroatoms. The van der Waals surface area contributed by atoms with Gasteiger partial charge in [0.2, 0.25) is 0 Å². The fraction of sp³-hybridized carbons (Fsp3) is 0.406. The predicted octanol–water partition coefficient (Wildman–Crippen LogP) is 4.48. The minimum atomic E-state index is -0.0121. The summed E-state index contributed by atoms with van der Waals surface area (Å²) in [5.41, 5.74) is 6.88. The lowest BCUT2D eigenvalue weighted by molar-refractivity contribution is 0.252. The Morgan fingerprint density at radius 1 is 1.05 bits per heavy atom. The first-order chi connectivity index (χ1) is 19.8. The highest BCUT2D eigenvalue weighted by atomic mass is 16.5. The SMILES string of the molecule is Cc1cc2c(N3CCN(C)c4cc(-c5cnn(C)c5)c(C#N)cc43)cc(OCCC3CCNCC3)cc2n(C)c1=O. The van der Waals surface area contributed by atoms with Crippen LogP contribution in [0.4, 0.5) is 17.1 Å². The maximum atomic E-state index is 13.0. The van der Waals surface area contributed by atoms with Gasteiger partial charge in [-0.15, -0.1) is 0 Å². The van der Waals surface area contributed by atoms with Crippen molar-refractivity contribution in [1.82, 2.24) is 19.7 Å². The van der Waals surface area contributed by atoms with E-state index < -0.39 is 0 Å². The number of hydrogen-bond donors (Lipinski definition) is 1. The molecule has 0 radical (unpaired) electrons.